The summed E-state index contributed by atoms with van der Waals surface area (Å²) in [6, 6.07) is 3.47. The van der Waals surface area contributed by atoms with Gasteiger partial charge >= 0.3 is 0 Å². The zero-order valence-corrected chi connectivity index (χ0v) is 16.6. The molecule has 1 fully saturated rings. The molecule has 1 saturated heterocycles. The molecule has 0 saturated carbocycles. The lowest BCUT2D eigenvalue weighted by Crippen LogP contribution is -3.15. The number of nitrogens with one attached hydrogen (secondary N) is 1. The molecule has 0 aromatic heterocycles. The first-order valence-electron chi connectivity index (χ1n) is 9.74. The van der Waals surface area contributed by atoms with Crippen LogP contribution in [0.1, 0.15) is 29.6 Å². The first-order chi connectivity index (χ1) is 13.2. The largest absolute Gasteiger partial charge is 0.493 e. The van der Waals surface area contributed by atoms with E-state index in [1.54, 1.807) is 38.4 Å². The smallest absolute Gasteiger partial charge is 0.254 e. The second-order valence-corrected chi connectivity index (χ2v) is 7.31. The van der Waals surface area contributed by atoms with Crippen molar-refractivity contribution in [2.45, 2.75) is 19.3 Å². The van der Waals surface area contributed by atoms with E-state index in [1.165, 1.54) is 25.8 Å². The maximum absolute atomic E-state index is 13.0. The number of carbonyl (C=O) groups is 1. The highest BCUT2D eigenvalue weighted by atomic mass is 16.5. The minimum Gasteiger partial charge on any atom is -0.493 e. The molecule has 0 unspecified atom stereocenters. The first kappa shape index (κ1) is 19.5. The summed E-state index contributed by atoms with van der Waals surface area (Å²) in [5.41, 5.74) is 0.574. The lowest BCUT2D eigenvalue weighted by atomic mass is 9.94. The molecule has 1 heterocycles. The molecule has 0 radical (unpaired) electrons. The molecular weight excluding hydrogens is 344 g/mol. The number of allylic oxidation sites excluding steroid dienone is 2. The van der Waals surface area contributed by atoms with Crippen LogP contribution in [0, 0.1) is 5.92 Å². The van der Waals surface area contributed by atoms with Gasteiger partial charge in [-0.05, 0) is 31.4 Å². The van der Waals surface area contributed by atoms with Crippen LogP contribution in [0.3, 0.4) is 0 Å². The van der Waals surface area contributed by atoms with Crippen molar-refractivity contribution >= 4 is 5.91 Å². The molecule has 1 atom stereocenters. The zero-order valence-electron chi connectivity index (χ0n) is 16.6. The van der Waals surface area contributed by atoms with Crippen LogP contribution in [0.4, 0.5) is 0 Å². The predicted molar refractivity (Wildman–Crippen MR) is 104 cm³/mol. The number of nitrogens with zero attached hydrogens (tertiary/aromatic N) is 1. The van der Waals surface area contributed by atoms with Gasteiger partial charge in [-0.25, -0.2) is 0 Å². The summed E-state index contributed by atoms with van der Waals surface area (Å²) in [6.45, 7) is 4.81. The van der Waals surface area contributed by atoms with E-state index in [0.717, 1.165) is 32.1 Å². The Morgan fingerprint density at radius 3 is 2.26 bits per heavy atom. The van der Waals surface area contributed by atoms with E-state index in [0.29, 0.717) is 22.8 Å². The number of quaternary nitrogens is 1. The van der Waals surface area contributed by atoms with Crippen LogP contribution in [0.2, 0.25) is 0 Å². The molecule has 1 aromatic carbocycles. The van der Waals surface area contributed by atoms with Gasteiger partial charge in [0.05, 0.1) is 54.1 Å². The van der Waals surface area contributed by atoms with E-state index in [4.69, 9.17) is 14.2 Å². The van der Waals surface area contributed by atoms with Crippen molar-refractivity contribution < 1.29 is 23.9 Å². The van der Waals surface area contributed by atoms with Gasteiger partial charge in [0.15, 0.2) is 11.5 Å². The van der Waals surface area contributed by atoms with Crippen LogP contribution in [-0.2, 0) is 0 Å². The second-order valence-electron chi connectivity index (χ2n) is 7.31. The predicted octanol–water partition coefficient (Wildman–Crippen LogP) is 1.41. The summed E-state index contributed by atoms with van der Waals surface area (Å²) in [6.07, 6.45) is 8.33. The molecule has 2 aliphatic rings. The van der Waals surface area contributed by atoms with E-state index in [9.17, 15) is 4.79 Å². The van der Waals surface area contributed by atoms with Gasteiger partial charge in [-0.3, -0.25) is 4.79 Å². The minimum atomic E-state index is 0.0221. The average molecular weight is 375 g/mol. The summed E-state index contributed by atoms with van der Waals surface area (Å²) in [7, 11) is 4.69. The van der Waals surface area contributed by atoms with Gasteiger partial charge in [0.25, 0.3) is 5.91 Å². The summed E-state index contributed by atoms with van der Waals surface area (Å²) >= 11 is 0. The Morgan fingerprint density at radius 2 is 1.74 bits per heavy atom. The van der Waals surface area contributed by atoms with Crippen molar-refractivity contribution in [2.75, 3.05) is 54.1 Å². The monoisotopic (exact) mass is 375 g/mol. The number of rotatable bonds is 6. The Morgan fingerprint density at radius 1 is 1.07 bits per heavy atom. The topological polar surface area (TPSA) is 52.4 Å². The number of piperazine rings is 1. The number of methoxy groups -OCH3 is 3. The number of ether oxygens (including phenoxy) is 3. The molecule has 0 bridgehead atoms. The third kappa shape index (κ3) is 4.56. The Balaban J connectivity index is 1.62. The number of amides is 1. The van der Waals surface area contributed by atoms with Gasteiger partial charge in [0.1, 0.15) is 0 Å². The van der Waals surface area contributed by atoms with Crippen LogP contribution in [0.15, 0.2) is 24.3 Å². The Labute approximate surface area is 161 Å². The van der Waals surface area contributed by atoms with E-state index in [-0.39, 0.29) is 5.91 Å². The third-order valence-electron chi connectivity index (χ3n) is 5.62. The lowest BCUT2D eigenvalue weighted by molar-refractivity contribution is -0.907. The molecule has 1 aliphatic heterocycles. The van der Waals surface area contributed by atoms with Crippen LogP contribution in [0.5, 0.6) is 17.2 Å². The number of carbonyl (C=O) groups excluding carboxylic acids is 1. The van der Waals surface area contributed by atoms with E-state index in [1.807, 2.05) is 4.90 Å². The normalized spacial score (nSPS) is 20.4. The highest BCUT2D eigenvalue weighted by molar-refractivity contribution is 5.95. The van der Waals surface area contributed by atoms with Gasteiger partial charge in [0, 0.05) is 11.5 Å². The first-order valence-corrected chi connectivity index (χ1v) is 9.74. The molecule has 1 aliphatic carbocycles. The van der Waals surface area contributed by atoms with E-state index >= 15 is 0 Å². The fourth-order valence-electron chi connectivity index (χ4n) is 4.07. The molecule has 0 spiro atoms. The lowest BCUT2D eigenvalue weighted by Gasteiger charge is -2.34. The summed E-state index contributed by atoms with van der Waals surface area (Å²) in [5, 5.41) is 0. The quantitative estimate of drug-likeness (QED) is 0.764. The molecule has 6 heteroatoms. The fraction of sp³-hybridized carbons (Fsp3) is 0.571. The molecule has 3 rings (SSSR count). The Kier molecular flexibility index (Phi) is 6.61. The zero-order chi connectivity index (χ0) is 19.2. The van der Waals surface area contributed by atoms with Crippen molar-refractivity contribution in [2.24, 2.45) is 5.92 Å². The standard InChI is InChI=1S/C21H30N2O4/c1-25-18-13-17(14-19(26-2)20(18)27-3)21(24)23-11-9-22(10-12-23)15-16-7-5-4-6-8-16/h4-5,13-14,16H,6-12,15H2,1-3H3/p+1/t16-/m1/s1. The van der Waals surface area contributed by atoms with Gasteiger partial charge < -0.3 is 24.0 Å². The molecular formula is C21H31N2O4+. The minimum absolute atomic E-state index is 0.0221. The Hall–Kier alpha value is -2.21. The van der Waals surface area contributed by atoms with Gasteiger partial charge in [-0.1, -0.05) is 12.2 Å². The third-order valence-corrected chi connectivity index (χ3v) is 5.62. The van der Waals surface area contributed by atoms with Crippen LogP contribution < -0.4 is 19.1 Å². The van der Waals surface area contributed by atoms with Crippen molar-refractivity contribution in [1.29, 1.82) is 0 Å². The highest BCUT2D eigenvalue weighted by Gasteiger charge is 2.28. The van der Waals surface area contributed by atoms with Crippen molar-refractivity contribution in [3.8, 4) is 17.2 Å². The van der Waals surface area contributed by atoms with E-state index in [2.05, 4.69) is 12.2 Å². The fourth-order valence-corrected chi connectivity index (χ4v) is 4.07. The molecule has 148 valence electrons. The van der Waals surface area contributed by atoms with Crippen molar-refractivity contribution in [3.63, 3.8) is 0 Å². The Bertz CT molecular complexity index is 656. The van der Waals surface area contributed by atoms with Crippen LogP contribution in [0.25, 0.3) is 0 Å². The van der Waals surface area contributed by atoms with Crippen LogP contribution >= 0.6 is 0 Å². The molecule has 27 heavy (non-hydrogen) atoms. The number of hydrogen-bond acceptors (Lipinski definition) is 4. The highest BCUT2D eigenvalue weighted by Crippen LogP contribution is 2.38. The van der Waals surface area contributed by atoms with Gasteiger partial charge in [-0.15, -0.1) is 0 Å². The second kappa shape index (κ2) is 9.13. The molecule has 1 aromatic rings. The molecule has 1 N–H and O–H groups in total. The van der Waals surface area contributed by atoms with E-state index < -0.39 is 0 Å². The molecule has 1 amide bonds. The summed E-state index contributed by atoms with van der Waals surface area (Å²) < 4.78 is 16.1. The van der Waals surface area contributed by atoms with Gasteiger partial charge in [-0.2, -0.15) is 0 Å². The molecule has 6 nitrogen and oxygen atoms in total. The SMILES string of the molecule is COc1cc(C(=O)N2CC[NH+](C[C@@H]3CC=CCC3)CC2)cc(OC)c1OC. The van der Waals surface area contributed by atoms with Crippen molar-refractivity contribution in [3.05, 3.63) is 29.8 Å². The summed E-state index contributed by atoms with van der Waals surface area (Å²) in [4.78, 5) is 16.5. The van der Waals surface area contributed by atoms with Crippen molar-refractivity contribution in [1.82, 2.24) is 4.90 Å². The van der Waals surface area contributed by atoms with Crippen LogP contribution in [-0.4, -0.2) is 64.9 Å². The maximum Gasteiger partial charge on any atom is 0.254 e. The average Bonchev–Trinajstić information content (AvgIpc) is 2.73. The van der Waals surface area contributed by atoms with Gasteiger partial charge in [0.2, 0.25) is 5.75 Å². The number of benzene rings is 1. The summed E-state index contributed by atoms with van der Waals surface area (Å²) in [5.74, 6) is 2.34. The maximum atomic E-state index is 13.0. The number of hydrogen-bond donors (Lipinski definition) is 1.